The van der Waals surface area contributed by atoms with Crippen molar-refractivity contribution in [3.05, 3.63) is 52.5 Å². The molecule has 130 valence electrons. The van der Waals surface area contributed by atoms with Crippen molar-refractivity contribution in [3.8, 4) is 0 Å². The molecule has 2 fully saturated rings. The molecule has 1 aliphatic heterocycles. The van der Waals surface area contributed by atoms with E-state index in [1.54, 1.807) is 22.4 Å². The lowest BCUT2D eigenvalue weighted by atomic mass is 9.99. The second kappa shape index (κ2) is 6.96. The first-order chi connectivity index (χ1) is 12.2. The molecule has 0 bridgehead atoms. The highest BCUT2D eigenvalue weighted by Crippen LogP contribution is 2.31. The smallest absolute Gasteiger partial charge is 0.242 e. The number of carbonyl (C=O) groups excluding carboxylic acids is 2. The topological polar surface area (TPSA) is 53.5 Å². The molecule has 1 saturated carbocycles. The Labute approximate surface area is 151 Å². The minimum atomic E-state index is 0.0414. The maximum atomic E-state index is 12.8. The Bertz CT molecular complexity index is 743. The fraction of sp³-hybridized carbons (Fsp3) is 0.421. The normalized spacial score (nSPS) is 20.1. The van der Waals surface area contributed by atoms with E-state index in [1.807, 2.05) is 28.5 Å². The van der Waals surface area contributed by atoms with Gasteiger partial charge in [0.15, 0.2) is 0 Å². The Morgan fingerprint density at radius 2 is 2.08 bits per heavy atom. The molecule has 5 nitrogen and oxygen atoms in total. The van der Waals surface area contributed by atoms with Crippen molar-refractivity contribution in [2.75, 3.05) is 13.1 Å². The third-order valence-electron chi connectivity index (χ3n) is 4.91. The van der Waals surface area contributed by atoms with Gasteiger partial charge in [-0.15, -0.1) is 11.3 Å². The zero-order valence-corrected chi connectivity index (χ0v) is 14.8. The molecule has 1 aromatic carbocycles. The van der Waals surface area contributed by atoms with Crippen LogP contribution >= 0.6 is 11.3 Å². The second-order valence-electron chi connectivity index (χ2n) is 6.76. The van der Waals surface area contributed by atoms with E-state index in [4.69, 9.17) is 0 Å². The highest BCUT2D eigenvalue weighted by molar-refractivity contribution is 7.09. The maximum absolute atomic E-state index is 12.8. The van der Waals surface area contributed by atoms with Gasteiger partial charge in [0.05, 0.1) is 13.1 Å². The number of hydrogen-bond acceptors (Lipinski definition) is 4. The number of benzene rings is 1. The Balaban J connectivity index is 1.40. The summed E-state index contributed by atoms with van der Waals surface area (Å²) in [6.45, 7) is 1.37. The molecular formula is C19H21N3O2S. The average Bonchev–Trinajstić information content (AvgIpc) is 3.21. The van der Waals surface area contributed by atoms with Crippen molar-refractivity contribution >= 4 is 23.2 Å². The lowest BCUT2D eigenvalue weighted by Gasteiger charge is -2.25. The monoisotopic (exact) mass is 355 g/mol. The average molecular weight is 355 g/mol. The van der Waals surface area contributed by atoms with Gasteiger partial charge >= 0.3 is 0 Å². The predicted octanol–water partition coefficient (Wildman–Crippen LogP) is 2.65. The third-order valence-corrected chi connectivity index (χ3v) is 5.67. The molecule has 0 N–H and O–H groups in total. The number of amides is 2. The summed E-state index contributed by atoms with van der Waals surface area (Å²) in [5.41, 5.74) is 1.17. The summed E-state index contributed by atoms with van der Waals surface area (Å²) in [5, 5.41) is 2.88. The molecule has 0 radical (unpaired) electrons. The van der Waals surface area contributed by atoms with Crippen LogP contribution in [0, 0.1) is 0 Å². The molecule has 25 heavy (non-hydrogen) atoms. The van der Waals surface area contributed by atoms with E-state index < -0.39 is 0 Å². The standard InChI is InChI=1S/C19H21N3O2S/c23-18-10-15(14-4-2-1-3-5-14)11-21(18)13-19(24)22(16-6-7-16)12-17-20-8-9-25-17/h1-5,8-9,15-16H,6-7,10-13H2. The van der Waals surface area contributed by atoms with E-state index in [0.29, 0.717) is 25.6 Å². The van der Waals surface area contributed by atoms with Crippen molar-refractivity contribution < 1.29 is 9.59 Å². The van der Waals surface area contributed by atoms with Gasteiger partial charge in [0, 0.05) is 36.5 Å². The Morgan fingerprint density at radius 3 is 2.76 bits per heavy atom. The lowest BCUT2D eigenvalue weighted by Crippen LogP contribution is -2.41. The zero-order chi connectivity index (χ0) is 17.2. The number of nitrogens with zero attached hydrogens (tertiary/aromatic N) is 3. The van der Waals surface area contributed by atoms with Gasteiger partial charge in [-0.3, -0.25) is 9.59 Å². The van der Waals surface area contributed by atoms with Crippen LogP contribution in [0.2, 0.25) is 0 Å². The van der Waals surface area contributed by atoms with Crippen LogP contribution in [0.1, 0.15) is 35.8 Å². The second-order valence-corrected chi connectivity index (χ2v) is 7.74. The summed E-state index contributed by atoms with van der Waals surface area (Å²) in [7, 11) is 0. The van der Waals surface area contributed by atoms with Crippen molar-refractivity contribution in [2.24, 2.45) is 0 Å². The van der Waals surface area contributed by atoms with Crippen molar-refractivity contribution in [1.82, 2.24) is 14.8 Å². The minimum Gasteiger partial charge on any atom is -0.333 e. The number of hydrogen-bond donors (Lipinski definition) is 0. The molecule has 1 aliphatic carbocycles. The maximum Gasteiger partial charge on any atom is 0.242 e. The summed E-state index contributed by atoms with van der Waals surface area (Å²) in [4.78, 5) is 33.1. The number of carbonyl (C=O) groups is 2. The summed E-state index contributed by atoms with van der Waals surface area (Å²) in [6, 6.07) is 10.4. The van der Waals surface area contributed by atoms with E-state index >= 15 is 0 Å². The predicted molar refractivity (Wildman–Crippen MR) is 96.1 cm³/mol. The molecule has 0 spiro atoms. The van der Waals surface area contributed by atoms with Gasteiger partial charge in [-0.25, -0.2) is 4.98 Å². The summed E-state index contributed by atoms with van der Waals surface area (Å²) >= 11 is 1.57. The summed E-state index contributed by atoms with van der Waals surface area (Å²) < 4.78 is 0. The molecule has 2 heterocycles. The molecule has 2 aliphatic rings. The number of likely N-dealkylation sites (tertiary alicyclic amines) is 1. The highest BCUT2D eigenvalue weighted by Gasteiger charge is 2.37. The quantitative estimate of drug-likeness (QED) is 0.800. The molecular weight excluding hydrogens is 334 g/mol. The first kappa shape index (κ1) is 16.3. The van der Waals surface area contributed by atoms with Gasteiger partial charge in [0.2, 0.25) is 11.8 Å². The fourth-order valence-corrected chi connectivity index (χ4v) is 4.03. The van der Waals surface area contributed by atoms with E-state index in [2.05, 4.69) is 17.1 Å². The number of rotatable bonds is 6. The molecule has 6 heteroatoms. The van der Waals surface area contributed by atoms with Crippen molar-refractivity contribution in [3.63, 3.8) is 0 Å². The number of aromatic nitrogens is 1. The van der Waals surface area contributed by atoms with E-state index in [-0.39, 0.29) is 24.3 Å². The van der Waals surface area contributed by atoms with Gasteiger partial charge in [0.1, 0.15) is 5.01 Å². The van der Waals surface area contributed by atoms with Crippen molar-refractivity contribution in [1.29, 1.82) is 0 Å². The summed E-state index contributed by atoms with van der Waals surface area (Å²) in [6.07, 6.45) is 4.37. The SMILES string of the molecule is O=C1CC(c2ccccc2)CN1CC(=O)N(Cc1nccs1)C1CC1. The fourth-order valence-electron chi connectivity index (χ4n) is 3.41. The highest BCUT2D eigenvalue weighted by atomic mass is 32.1. The molecule has 1 saturated heterocycles. The van der Waals surface area contributed by atoms with Crippen LogP contribution in [0.5, 0.6) is 0 Å². The van der Waals surface area contributed by atoms with Gasteiger partial charge in [-0.2, -0.15) is 0 Å². The van der Waals surface area contributed by atoms with Crippen molar-refractivity contribution in [2.45, 2.75) is 37.8 Å². The van der Waals surface area contributed by atoms with Crippen LogP contribution in [0.25, 0.3) is 0 Å². The molecule has 2 aromatic rings. The molecule has 1 aromatic heterocycles. The van der Waals surface area contributed by atoms with Crippen LogP contribution in [-0.2, 0) is 16.1 Å². The summed E-state index contributed by atoms with van der Waals surface area (Å²) in [5.74, 6) is 0.307. The first-order valence-corrected chi connectivity index (χ1v) is 9.59. The number of thiazole rings is 1. The third kappa shape index (κ3) is 3.74. The van der Waals surface area contributed by atoms with Crippen LogP contribution in [-0.4, -0.2) is 45.7 Å². The Hall–Kier alpha value is -2.21. The largest absolute Gasteiger partial charge is 0.333 e. The zero-order valence-electron chi connectivity index (χ0n) is 14.0. The lowest BCUT2D eigenvalue weighted by molar-refractivity contribution is -0.139. The van der Waals surface area contributed by atoms with Gasteiger partial charge in [-0.1, -0.05) is 30.3 Å². The van der Waals surface area contributed by atoms with E-state index in [9.17, 15) is 9.59 Å². The molecule has 1 atom stereocenters. The van der Waals surface area contributed by atoms with Crippen LogP contribution in [0.4, 0.5) is 0 Å². The first-order valence-electron chi connectivity index (χ1n) is 8.71. The van der Waals surface area contributed by atoms with Gasteiger partial charge < -0.3 is 9.80 Å². The Kier molecular flexibility index (Phi) is 4.53. The molecule has 2 amide bonds. The van der Waals surface area contributed by atoms with Crippen LogP contribution < -0.4 is 0 Å². The minimum absolute atomic E-state index is 0.0414. The van der Waals surface area contributed by atoms with Crippen LogP contribution in [0.15, 0.2) is 41.9 Å². The van der Waals surface area contributed by atoms with Gasteiger partial charge in [0.25, 0.3) is 0 Å². The van der Waals surface area contributed by atoms with E-state index in [1.165, 1.54) is 5.56 Å². The Morgan fingerprint density at radius 1 is 1.28 bits per heavy atom. The van der Waals surface area contributed by atoms with Crippen LogP contribution in [0.3, 0.4) is 0 Å². The van der Waals surface area contributed by atoms with Gasteiger partial charge in [-0.05, 0) is 18.4 Å². The molecule has 1 unspecified atom stereocenters. The molecule has 4 rings (SSSR count). The van der Waals surface area contributed by atoms with E-state index in [0.717, 1.165) is 17.8 Å².